The average Bonchev–Trinajstić information content (AvgIpc) is 2.56. The average molecular weight is 388 g/mol. The topological polar surface area (TPSA) is 98.7 Å². The molecule has 2 aromatic rings. The van der Waals surface area contributed by atoms with Crippen molar-refractivity contribution >= 4 is 11.9 Å². The van der Waals surface area contributed by atoms with E-state index in [1.54, 1.807) is 48.5 Å². The second-order valence-corrected chi connectivity index (χ2v) is 5.44. The van der Waals surface area contributed by atoms with Gasteiger partial charge in [-0.2, -0.15) is 0 Å². The normalized spacial score (nSPS) is 9.48. The summed E-state index contributed by atoms with van der Waals surface area (Å²) in [5.74, 6) is -0.903. The second kappa shape index (κ2) is 14.0. The van der Waals surface area contributed by atoms with E-state index >= 15 is 0 Å². The first-order chi connectivity index (χ1) is 12.0. The Morgan fingerprint density at radius 3 is 1.30 bits per heavy atom. The Kier molecular flexibility index (Phi) is 13.5. The molecule has 0 aromatic heterocycles. The summed E-state index contributed by atoms with van der Waals surface area (Å²) in [5, 5.41) is 21.0. The number of hydrogen-bond donors (Lipinski definition) is 0. The minimum Gasteiger partial charge on any atom is -0.550 e. The molecule has 2 aromatic carbocycles. The number of aliphatic carboxylic acids is 2. The van der Waals surface area contributed by atoms with E-state index in [1.165, 1.54) is 0 Å². The van der Waals surface area contributed by atoms with Gasteiger partial charge in [0.15, 0.2) is 0 Å². The summed E-state index contributed by atoms with van der Waals surface area (Å²) >= 11 is 0. The zero-order valence-electron chi connectivity index (χ0n) is 15.6. The van der Waals surface area contributed by atoms with Crippen LogP contribution in [0.25, 0.3) is 0 Å². The van der Waals surface area contributed by atoms with Gasteiger partial charge in [0.25, 0.3) is 0 Å². The third-order valence-electron chi connectivity index (χ3n) is 3.37. The molecule has 6 nitrogen and oxygen atoms in total. The summed E-state index contributed by atoms with van der Waals surface area (Å²) in [6.45, 7) is 0.922. The van der Waals surface area contributed by atoms with E-state index < -0.39 is 11.9 Å². The second-order valence-electron chi connectivity index (χ2n) is 5.44. The number of rotatable bonds is 10. The first-order valence-electron chi connectivity index (χ1n) is 7.86. The minimum atomic E-state index is -1.11. The number of carbonyl (C=O) groups excluding carboxylic acids is 2. The molecule has 0 fully saturated rings. The van der Waals surface area contributed by atoms with Gasteiger partial charge in [0, 0.05) is 31.2 Å². The molecule has 0 unspecified atom stereocenters. The van der Waals surface area contributed by atoms with E-state index in [0.29, 0.717) is 42.3 Å². The number of carbonyl (C=O) groups is 2. The maximum atomic E-state index is 10.5. The number of carboxylic acid groups (broad SMARTS) is 2. The Morgan fingerprint density at radius 1 is 0.667 bits per heavy atom. The molecular weight excluding hydrogens is 370 g/mol. The van der Waals surface area contributed by atoms with Crippen LogP contribution in [0.15, 0.2) is 48.5 Å². The van der Waals surface area contributed by atoms with Gasteiger partial charge in [0.05, 0.1) is 13.2 Å². The van der Waals surface area contributed by atoms with Crippen LogP contribution in [-0.4, -0.2) is 25.2 Å². The number of carboxylic acids is 2. The molecular formula is C19H18Na2O6. The van der Waals surface area contributed by atoms with Crippen molar-refractivity contribution in [2.45, 2.75) is 19.3 Å². The molecule has 0 aliphatic carbocycles. The van der Waals surface area contributed by atoms with Gasteiger partial charge in [-0.3, -0.25) is 0 Å². The smallest absolute Gasteiger partial charge is 0.550 e. The number of hydrogen-bond acceptors (Lipinski definition) is 6. The fraction of sp³-hybridized carbons (Fsp3) is 0.263. The van der Waals surface area contributed by atoms with Crippen LogP contribution in [0.2, 0.25) is 0 Å². The molecule has 0 saturated heterocycles. The molecule has 0 aliphatic rings. The molecule has 0 spiro atoms. The molecule has 0 amide bonds. The van der Waals surface area contributed by atoms with Gasteiger partial charge in [-0.05, 0) is 35.4 Å². The first-order valence-corrected chi connectivity index (χ1v) is 7.86. The fourth-order valence-corrected chi connectivity index (χ4v) is 2.18. The van der Waals surface area contributed by atoms with Crippen LogP contribution in [-0.2, 0) is 22.4 Å². The Balaban J connectivity index is 0.00000338. The van der Waals surface area contributed by atoms with Crippen LogP contribution in [0.5, 0.6) is 11.5 Å². The van der Waals surface area contributed by atoms with Crippen molar-refractivity contribution in [2.24, 2.45) is 0 Å². The molecule has 0 heterocycles. The van der Waals surface area contributed by atoms with Crippen LogP contribution in [0.4, 0.5) is 0 Å². The molecule has 0 radical (unpaired) electrons. The molecule has 0 bridgehead atoms. The van der Waals surface area contributed by atoms with Gasteiger partial charge in [0.1, 0.15) is 11.5 Å². The fourth-order valence-electron chi connectivity index (χ4n) is 2.18. The van der Waals surface area contributed by atoms with E-state index in [0.717, 1.165) is 0 Å². The molecule has 0 atom stereocenters. The quantitative estimate of drug-likeness (QED) is 0.297. The van der Waals surface area contributed by atoms with Gasteiger partial charge in [-0.1, -0.05) is 24.3 Å². The summed E-state index contributed by atoms with van der Waals surface area (Å²) in [7, 11) is 0. The summed E-state index contributed by atoms with van der Waals surface area (Å²) in [6.07, 6.45) is 0.438. The van der Waals surface area contributed by atoms with Crippen LogP contribution in [0.3, 0.4) is 0 Å². The van der Waals surface area contributed by atoms with Gasteiger partial charge in [-0.25, -0.2) is 0 Å². The van der Waals surface area contributed by atoms with E-state index in [1.807, 2.05) is 0 Å². The van der Waals surface area contributed by atoms with E-state index in [9.17, 15) is 19.8 Å². The van der Waals surface area contributed by atoms with Crippen molar-refractivity contribution in [1.29, 1.82) is 0 Å². The SMILES string of the molecule is O=C([O-])Cc1ccc(OCCCOc2ccc(CC(=O)[O-])cc2)cc1.[Na+].[Na+]. The van der Waals surface area contributed by atoms with Crippen LogP contribution in [0, 0.1) is 0 Å². The predicted molar refractivity (Wildman–Crippen MR) is 85.9 cm³/mol. The van der Waals surface area contributed by atoms with Crippen molar-refractivity contribution in [2.75, 3.05) is 13.2 Å². The van der Waals surface area contributed by atoms with Crippen LogP contribution >= 0.6 is 0 Å². The number of benzene rings is 2. The Bertz CT molecular complexity index is 640. The molecule has 2 rings (SSSR count). The van der Waals surface area contributed by atoms with Crippen LogP contribution < -0.4 is 78.8 Å². The maximum Gasteiger partial charge on any atom is 1.00 e. The standard InChI is InChI=1S/C19H20O6.2Na/c20-18(21)12-14-2-6-16(7-3-14)24-10-1-11-25-17-8-4-15(5-9-17)13-19(22)23;;/h2-9H,1,10-13H2,(H,20,21)(H,22,23);;/q;2*+1/p-2. The third kappa shape index (κ3) is 10.8. The van der Waals surface area contributed by atoms with Crippen molar-refractivity contribution in [3.05, 3.63) is 59.7 Å². The zero-order valence-corrected chi connectivity index (χ0v) is 19.6. The Labute approximate surface area is 202 Å². The molecule has 27 heavy (non-hydrogen) atoms. The summed E-state index contributed by atoms with van der Waals surface area (Å²) in [5.41, 5.74) is 1.33. The molecule has 0 aliphatic heterocycles. The van der Waals surface area contributed by atoms with Gasteiger partial charge < -0.3 is 29.3 Å². The Hall–Kier alpha value is -1.02. The first kappa shape index (κ1) is 26.0. The van der Waals surface area contributed by atoms with Gasteiger partial charge in [-0.15, -0.1) is 0 Å². The van der Waals surface area contributed by atoms with Crippen LogP contribution in [0.1, 0.15) is 17.5 Å². The zero-order chi connectivity index (χ0) is 18.1. The van der Waals surface area contributed by atoms with Crippen molar-refractivity contribution in [3.8, 4) is 11.5 Å². The van der Waals surface area contributed by atoms with E-state index in [4.69, 9.17) is 9.47 Å². The molecule has 0 saturated carbocycles. The number of ether oxygens (including phenoxy) is 2. The van der Waals surface area contributed by atoms with E-state index in [-0.39, 0.29) is 72.0 Å². The molecule has 132 valence electrons. The summed E-state index contributed by atoms with van der Waals surface area (Å²) < 4.78 is 11.1. The molecule has 0 N–H and O–H groups in total. The predicted octanol–water partition coefficient (Wildman–Crippen LogP) is -5.87. The maximum absolute atomic E-state index is 10.5. The van der Waals surface area contributed by atoms with Gasteiger partial charge >= 0.3 is 59.1 Å². The van der Waals surface area contributed by atoms with Crippen molar-refractivity contribution in [1.82, 2.24) is 0 Å². The minimum absolute atomic E-state index is 0. The van der Waals surface area contributed by atoms with E-state index in [2.05, 4.69) is 0 Å². The van der Waals surface area contributed by atoms with Crippen molar-refractivity contribution in [3.63, 3.8) is 0 Å². The third-order valence-corrected chi connectivity index (χ3v) is 3.37. The summed E-state index contributed by atoms with van der Waals surface area (Å²) in [6, 6.07) is 13.6. The Morgan fingerprint density at radius 2 is 1.00 bits per heavy atom. The summed E-state index contributed by atoms with van der Waals surface area (Å²) in [4.78, 5) is 21.0. The van der Waals surface area contributed by atoms with Crippen molar-refractivity contribution < 1.29 is 88.4 Å². The largest absolute Gasteiger partial charge is 1.00 e. The monoisotopic (exact) mass is 388 g/mol. The molecule has 8 heteroatoms. The van der Waals surface area contributed by atoms with Gasteiger partial charge in [0.2, 0.25) is 0 Å².